The van der Waals surface area contributed by atoms with Gasteiger partial charge in [-0.05, 0) is 37.6 Å². The summed E-state index contributed by atoms with van der Waals surface area (Å²) in [5, 5.41) is 13.2. The summed E-state index contributed by atoms with van der Waals surface area (Å²) in [6.45, 7) is 4.16. The minimum Gasteiger partial charge on any atom is -0.478 e. The Hall–Kier alpha value is -1.88. The molecular formula is C14H16N2O2S. The Bertz CT molecular complexity index is 563. The summed E-state index contributed by atoms with van der Waals surface area (Å²) < 4.78 is 0. The average molecular weight is 276 g/mol. The van der Waals surface area contributed by atoms with Gasteiger partial charge in [0.1, 0.15) is 5.01 Å². The van der Waals surface area contributed by atoms with Crippen LogP contribution in [0.3, 0.4) is 0 Å². The third-order valence-corrected chi connectivity index (χ3v) is 4.13. The van der Waals surface area contributed by atoms with Crippen molar-refractivity contribution in [3.05, 3.63) is 45.9 Å². The maximum atomic E-state index is 10.8. The number of rotatable bonds is 5. The SMILES string of the molecule is CCc1cnc(C(C)Nc2ccc(C(=O)O)cc2)s1. The number of carboxylic acid groups (broad SMARTS) is 1. The van der Waals surface area contributed by atoms with Gasteiger partial charge in [0.15, 0.2) is 0 Å². The quantitative estimate of drug-likeness (QED) is 0.876. The molecule has 0 spiro atoms. The molecule has 0 aliphatic carbocycles. The molecule has 19 heavy (non-hydrogen) atoms. The molecule has 0 radical (unpaired) electrons. The predicted octanol–water partition coefficient (Wildman–Crippen LogP) is 3.58. The van der Waals surface area contributed by atoms with Crippen LogP contribution in [-0.2, 0) is 6.42 Å². The topological polar surface area (TPSA) is 62.2 Å². The van der Waals surface area contributed by atoms with Crippen molar-refractivity contribution in [1.82, 2.24) is 4.98 Å². The molecule has 100 valence electrons. The molecule has 0 fully saturated rings. The molecule has 4 nitrogen and oxygen atoms in total. The number of hydrogen-bond donors (Lipinski definition) is 2. The molecule has 1 heterocycles. The highest BCUT2D eigenvalue weighted by Crippen LogP contribution is 2.24. The molecule has 1 aromatic heterocycles. The van der Waals surface area contributed by atoms with Gasteiger partial charge < -0.3 is 10.4 Å². The van der Waals surface area contributed by atoms with Crippen LogP contribution in [-0.4, -0.2) is 16.1 Å². The molecule has 0 saturated heterocycles. The second-order valence-electron chi connectivity index (χ2n) is 4.27. The van der Waals surface area contributed by atoms with E-state index in [2.05, 4.69) is 17.2 Å². The van der Waals surface area contributed by atoms with Gasteiger partial charge in [0.25, 0.3) is 0 Å². The van der Waals surface area contributed by atoms with Crippen molar-refractivity contribution in [2.75, 3.05) is 5.32 Å². The summed E-state index contributed by atoms with van der Waals surface area (Å²) >= 11 is 1.70. The average Bonchev–Trinajstić information content (AvgIpc) is 2.88. The highest BCUT2D eigenvalue weighted by molar-refractivity contribution is 7.11. The standard InChI is InChI=1S/C14H16N2O2S/c1-3-12-8-15-13(19-12)9(2)16-11-6-4-10(5-7-11)14(17)18/h4-9,16H,3H2,1-2H3,(H,17,18). The number of aromatic carboxylic acids is 1. The van der Waals surface area contributed by atoms with Gasteiger partial charge in [-0.3, -0.25) is 0 Å². The van der Waals surface area contributed by atoms with E-state index in [0.717, 1.165) is 17.1 Å². The zero-order chi connectivity index (χ0) is 13.8. The summed E-state index contributed by atoms with van der Waals surface area (Å²) in [5.41, 5.74) is 1.19. The number of nitrogens with zero attached hydrogens (tertiary/aromatic N) is 1. The van der Waals surface area contributed by atoms with Gasteiger partial charge in [0.05, 0.1) is 11.6 Å². The van der Waals surface area contributed by atoms with E-state index in [1.807, 2.05) is 13.1 Å². The lowest BCUT2D eigenvalue weighted by Gasteiger charge is -2.12. The normalized spacial score (nSPS) is 12.1. The third kappa shape index (κ3) is 3.32. The van der Waals surface area contributed by atoms with Crippen molar-refractivity contribution in [2.24, 2.45) is 0 Å². The Morgan fingerprint density at radius 1 is 1.42 bits per heavy atom. The van der Waals surface area contributed by atoms with E-state index in [4.69, 9.17) is 5.11 Å². The fourth-order valence-corrected chi connectivity index (χ4v) is 2.57. The molecule has 1 atom stereocenters. The summed E-state index contributed by atoms with van der Waals surface area (Å²) in [4.78, 5) is 16.4. The van der Waals surface area contributed by atoms with Gasteiger partial charge in [0, 0.05) is 16.8 Å². The van der Waals surface area contributed by atoms with E-state index in [9.17, 15) is 4.79 Å². The highest BCUT2D eigenvalue weighted by Gasteiger charge is 2.10. The van der Waals surface area contributed by atoms with Gasteiger partial charge >= 0.3 is 5.97 Å². The lowest BCUT2D eigenvalue weighted by Crippen LogP contribution is -2.06. The molecule has 2 rings (SSSR count). The molecule has 0 amide bonds. The van der Waals surface area contributed by atoms with Crippen LogP contribution in [0, 0.1) is 0 Å². The predicted molar refractivity (Wildman–Crippen MR) is 76.9 cm³/mol. The van der Waals surface area contributed by atoms with Crippen molar-refractivity contribution in [3.8, 4) is 0 Å². The van der Waals surface area contributed by atoms with E-state index < -0.39 is 5.97 Å². The Balaban J connectivity index is 2.05. The number of hydrogen-bond acceptors (Lipinski definition) is 4. The number of aryl methyl sites for hydroxylation is 1. The van der Waals surface area contributed by atoms with Gasteiger partial charge in [0.2, 0.25) is 0 Å². The Morgan fingerprint density at radius 2 is 2.11 bits per heavy atom. The number of thiazole rings is 1. The largest absolute Gasteiger partial charge is 0.478 e. The smallest absolute Gasteiger partial charge is 0.335 e. The molecule has 0 bridgehead atoms. The second-order valence-corrected chi connectivity index (χ2v) is 5.41. The van der Waals surface area contributed by atoms with Crippen LogP contribution in [0.5, 0.6) is 0 Å². The van der Waals surface area contributed by atoms with Crippen molar-refractivity contribution in [3.63, 3.8) is 0 Å². The Morgan fingerprint density at radius 3 is 2.63 bits per heavy atom. The van der Waals surface area contributed by atoms with E-state index >= 15 is 0 Å². The first-order valence-electron chi connectivity index (χ1n) is 6.14. The van der Waals surface area contributed by atoms with Crippen LogP contribution >= 0.6 is 11.3 Å². The summed E-state index contributed by atoms with van der Waals surface area (Å²) in [6, 6.07) is 6.84. The zero-order valence-corrected chi connectivity index (χ0v) is 11.7. The number of carboxylic acids is 1. The van der Waals surface area contributed by atoms with Crippen LogP contribution in [0.1, 0.15) is 40.1 Å². The van der Waals surface area contributed by atoms with Crippen molar-refractivity contribution in [2.45, 2.75) is 26.3 Å². The fraction of sp³-hybridized carbons (Fsp3) is 0.286. The molecule has 1 unspecified atom stereocenters. The number of nitrogens with one attached hydrogen (secondary N) is 1. The maximum Gasteiger partial charge on any atom is 0.335 e. The number of anilines is 1. The number of carbonyl (C=O) groups is 1. The molecule has 2 N–H and O–H groups in total. The van der Waals surface area contributed by atoms with Crippen LogP contribution in [0.15, 0.2) is 30.5 Å². The monoisotopic (exact) mass is 276 g/mol. The second kappa shape index (κ2) is 5.84. The lowest BCUT2D eigenvalue weighted by molar-refractivity contribution is 0.0697. The van der Waals surface area contributed by atoms with Crippen molar-refractivity contribution >= 4 is 23.0 Å². The third-order valence-electron chi connectivity index (χ3n) is 2.81. The summed E-state index contributed by atoms with van der Waals surface area (Å²) in [6.07, 6.45) is 2.91. The zero-order valence-electron chi connectivity index (χ0n) is 10.9. The van der Waals surface area contributed by atoms with Crippen molar-refractivity contribution in [1.29, 1.82) is 0 Å². The first-order valence-corrected chi connectivity index (χ1v) is 6.96. The Labute approximate surface area is 116 Å². The van der Waals surface area contributed by atoms with Crippen LogP contribution in [0.4, 0.5) is 5.69 Å². The molecule has 1 aromatic carbocycles. The van der Waals surface area contributed by atoms with E-state index in [-0.39, 0.29) is 6.04 Å². The number of benzene rings is 1. The van der Waals surface area contributed by atoms with E-state index in [1.54, 1.807) is 35.6 Å². The van der Waals surface area contributed by atoms with E-state index in [0.29, 0.717) is 5.56 Å². The highest BCUT2D eigenvalue weighted by atomic mass is 32.1. The molecule has 0 saturated carbocycles. The van der Waals surface area contributed by atoms with Crippen LogP contribution < -0.4 is 5.32 Å². The molecule has 2 aromatic rings. The van der Waals surface area contributed by atoms with E-state index in [1.165, 1.54) is 4.88 Å². The van der Waals surface area contributed by atoms with Gasteiger partial charge in [-0.2, -0.15) is 0 Å². The molecule has 5 heteroatoms. The lowest BCUT2D eigenvalue weighted by atomic mass is 10.2. The Kier molecular flexibility index (Phi) is 4.16. The first-order chi connectivity index (χ1) is 9.10. The summed E-state index contributed by atoms with van der Waals surface area (Å²) in [7, 11) is 0. The van der Waals surface area contributed by atoms with Crippen LogP contribution in [0.25, 0.3) is 0 Å². The first kappa shape index (κ1) is 13.5. The molecular weight excluding hydrogens is 260 g/mol. The van der Waals surface area contributed by atoms with Crippen LogP contribution in [0.2, 0.25) is 0 Å². The molecule has 0 aliphatic heterocycles. The van der Waals surface area contributed by atoms with Gasteiger partial charge in [-0.15, -0.1) is 11.3 Å². The number of aromatic nitrogens is 1. The minimum atomic E-state index is -0.910. The minimum absolute atomic E-state index is 0.112. The van der Waals surface area contributed by atoms with Gasteiger partial charge in [-0.25, -0.2) is 9.78 Å². The maximum absolute atomic E-state index is 10.8. The van der Waals surface area contributed by atoms with Gasteiger partial charge in [-0.1, -0.05) is 6.92 Å². The summed E-state index contributed by atoms with van der Waals surface area (Å²) in [5.74, 6) is -0.910. The fourth-order valence-electron chi connectivity index (χ4n) is 1.71. The molecule has 0 aliphatic rings. The van der Waals surface area contributed by atoms with Crippen molar-refractivity contribution < 1.29 is 9.90 Å².